The zero-order chi connectivity index (χ0) is 16.5. The van der Waals surface area contributed by atoms with Crippen LogP contribution in [-0.4, -0.2) is 46.9 Å². The van der Waals surface area contributed by atoms with Gasteiger partial charge in [-0.05, 0) is 39.8 Å². The van der Waals surface area contributed by atoms with Crippen molar-refractivity contribution in [3.05, 3.63) is 12.1 Å². The molecule has 0 saturated heterocycles. The van der Waals surface area contributed by atoms with Crippen LogP contribution in [0.4, 0.5) is 11.6 Å². The number of nitrogens with zero attached hydrogens (tertiary/aromatic N) is 3. The Labute approximate surface area is 130 Å². The molecule has 7 heteroatoms. The second-order valence-corrected chi connectivity index (χ2v) is 5.63. The highest BCUT2D eigenvalue weighted by molar-refractivity contribution is 6.05. The second kappa shape index (κ2) is 5.82. The number of hydrogen-bond donors (Lipinski definition) is 1. The molecule has 0 radical (unpaired) electrons. The summed E-state index contributed by atoms with van der Waals surface area (Å²) in [6.45, 7) is 8.25. The largest absolute Gasteiger partial charge is 0.474 e. The molecule has 1 aromatic heterocycles. The van der Waals surface area contributed by atoms with E-state index in [1.54, 1.807) is 30.9 Å². The molecule has 2 rings (SSSR count). The van der Waals surface area contributed by atoms with Gasteiger partial charge in [-0.2, -0.15) is 0 Å². The molecule has 0 atom stereocenters. The number of likely N-dealkylation sites (N-methyl/N-ethyl adjacent to an activating group) is 1. The Morgan fingerprint density at radius 2 is 2.00 bits per heavy atom. The summed E-state index contributed by atoms with van der Waals surface area (Å²) in [5, 5.41) is 0. The van der Waals surface area contributed by atoms with Crippen LogP contribution in [-0.2, 0) is 9.59 Å². The number of anilines is 2. The van der Waals surface area contributed by atoms with E-state index in [2.05, 4.69) is 4.98 Å². The Bertz CT molecular complexity index is 596. The van der Waals surface area contributed by atoms with Crippen molar-refractivity contribution in [3.63, 3.8) is 0 Å². The van der Waals surface area contributed by atoms with Crippen LogP contribution in [0.3, 0.4) is 0 Å². The number of aromatic nitrogens is 1. The summed E-state index contributed by atoms with van der Waals surface area (Å²) in [4.78, 5) is 32.1. The second-order valence-electron chi connectivity index (χ2n) is 5.63. The predicted octanol–water partition coefficient (Wildman–Crippen LogP) is 1.04. The van der Waals surface area contributed by atoms with E-state index in [4.69, 9.17) is 10.5 Å². The van der Waals surface area contributed by atoms with Gasteiger partial charge in [-0.25, -0.2) is 4.98 Å². The van der Waals surface area contributed by atoms with Gasteiger partial charge >= 0.3 is 0 Å². The Morgan fingerprint density at radius 3 is 2.59 bits per heavy atom. The van der Waals surface area contributed by atoms with Gasteiger partial charge in [0, 0.05) is 13.1 Å². The number of carbonyl (C=O) groups is 2. The quantitative estimate of drug-likeness (QED) is 0.897. The topological polar surface area (TPSA) is 88.8 Å². The third-order valence-electron chi connectivity index (χ3n) is 3.65. The minimum Gasteiger partial charge on any atom is -0.474 e. The lowest BCUT2D eigenvalue weighted by Gasteiger charge is -2.38. The average Bonchev–Trinajstić information content (AvgIpc) is 2.46. The highest BCUT2D eigenvalue weighted by atomic mass is 16.5. The standard InChI is InChI=1S/C15H22N4O3/c1-5-18(6-2)12(20)9-19-13-10(7-8-11(16)17-13)22-15(3,4)14(19)21/h7-8H,5-6,9H2,1-4H3,(H2,16,17). The molecule has 1 aromatic rings. The molecule has 1 aliphatic heterocycles. The lowest BCUT2D eigenvalue weighted by molar-refractivity contribution is -0.136. The number of hydrogen-bond acceptors (Lipinski definition) is 5. The minimum atomic E-state index is -1.05. The van der Waals surface area contributed by atoms with Crippen molar-refractivity contribution in [1.82, 2.24) is 9.88 Å². The minimum absolute atomic E-state index is 0.0727. The third kappa shape index (κ3) is 2.84. The highest BCUT2D eigenvalue weighted by Crippen LogP contribution is 2.36. The maximum Gasteiger partial charge on any atom is 0.272 e. The van der Waals surface area contributed by atoms with E-state index in [0.29, 0.717) is 24.7 Å². The Hall–Kier alpha value is -2.31. The number of pyridine rings is 1. The molecular weight excluding hydrogens is 284 g/mol. The number of carbonyl (C=O) groups excluding carboxylic acids is 2. The normalized spacial score (nSPS) is 16.0. The predicted molar refractivity (Wildman–Crippen MR) is 83.6 cm³/mol. The highest BCUT2D eigenvalue weighted by Gasteiger charge is 2.42. The first-order chi connectivity index (χ1) is 10.3. The first-order valence-electron chi connectivity index (χ1n) is 7.35. The fourth-order valence-electron chi connectivity index (χ4n) is 2.42. The van der Waals surface area contributed by atoms with E-state index in [0.717, 1.165) is 0 Å². The van der Waals surface area contributed by atoms with Gasteiger partial charge in [0.1, 0.15) is 12.4 Å². The van der Waals surface area contributed by atoms with Gasteiger partial charge in [-0.3, -0.25) is 14.5 Å². The zero-order valence-corrected chi connectivity index (χ0v) is 13.4. The summed E-state index contributed by atoms with van der Waals surface area (Å²) in [7, 11) is 0. The molecule has 0 bridgehead atoms. The summed E-state index contributed by atoms with van der Waals surface area (Å²) < 4.78 is 5.68. The number of ether oxygens (including phenoxy) is 1. The third-order valence-corrected chi connectivity index (χ3v) is 3.65. The van der Waals surface area contributed by atoms with Crippen molar-refractivity contribution < 1.29 is 14.3 Å². The molecule has 0 spiro atoms. The van der Waals surface area contributed by atoms with Crippen molar-refractivity contribution >= 4 is 23.5 Å². The van der Waals surface area contributed by atoms with Gasteiger partial charge in [0.05, 0.1) is 0 Å². The van der Waals surface area contributed by atoms with Crippen LogP contribution in [0.1, 0.15) is 27.7 Å². The lowest BCUT2D eigenvalue weighted by Crippen LogP contribution is -2.55. The van der Waals surface area contributed by atoms with Gasteiger partial charge in [0.2, 0.25) is 5.91 Å². The fourth-order valence-corrected chi connectivity index (χ4v) is 2.42. The molecule has 22 heavy (non-hydrogen) atoms. The van der Waals surface area contributed by atoms with Gasteiger partial charge in [-0.1, -0.05) is 0 Å². The smallest absolute Gasteiger partial charge is 0.272 e. The molecular formula is C15H22N4O3. The van der Waals surface area contributed by atoms with Crippen LogP contribution >= 0.6 is 0 Å². The molecule has 120 valence electrons. The lowest BCUT2D eigenvalue weighted by atomic mass is 10.1. The molecule has 0 aliphatic carbocycles. The van der Waals surface area contributed by atoms with Crippen molar-refractivity contribution in [1.29, 1.82) is 0 Å². The Kier molecular flexibility index (Phi) is 4.25. The molecule has 1 aliphatic rings. The molecule has 2 N–H and O–H groups in total. The van der Waals surface area contributed by atoms with Crippen LogP contribution in [0.25, 0.3) is 0 Å². The Balaban J connectivity index is 2.38. The van der Waals surface area contributed by atoms with E-state index in [1.165, 1.54) is 4.90 Å². The number of rotatable bonds is 4. The van der Waals surface area contributed by atoms with E-state index in [1.807, 2.05) is 13.8 Å². The molecule has 0 fully saturated rings. The van der Waals surface area contributed by atoms with Crippen LogP contribution in [0.15, 0.2) is 12.1 Å². The maximum atomic E-state index is 12.6. The van der Waals surface area contributed by atoms with E-state index >= 15 is 0 Å². The molecule has 7 nitrogen and oxygen atoms in total. The molecule has 0 unspecified atom stereocenters. The molecule has 2 amide bonds. The van der Waals surface area contributed by atoms with Crippen LogP contribution < -0.4 is 15.4 Å². The van der Waals surface area contributed by atoms with Gasteiger partial charge in [0.15, 0.2) is 17.2 Å². The summed E-state index contributed by atoms with van der Waals surface area (Å²) in [5.41, 5.74) is 4.65. The number of fused-ring (bicyclic) bond motifs is 1. The summed E-state index contributed by atoms with van der Waals surface area (Å²) in [6, 6.07) is 3.27. The average molecular weight is 306 g/mol. The van der Waals surface area contributed by atoms with E-state index < -0.39 is 5.60 Å². The molecule has 2 heterocycles. The monoisotopic (exact) mass is 306 g/mol. The maximum absolute atomic E-state index is 12.6. The van der Waals surface area contributed by atoms with E-state index in [-0.39, 0.29) is 24.2 Å². The first kappa shape index (κ1) is 16.1. The van der Waals surface area contributed by atoms with Crippen molar-refractivity contribution in [2.75, 3.05) is 30.3 Å². The van der Waals surface area contributed by atoms with Crippen molar-refractivity contribution in [2.24, 2.45) is 0 Å². The number of nitrogen functional groups attached to an aromatic ring is 1. The molecule has 0 aromatic carbocycles. The number of amides is 2. The Morgan fingerprint density at radius 1 is 1.36 bits per heavy atom. The van der Waals surface area contributed by atoms with Crippen LogP contribution in [0.2, 0.25) is 0 Å². The van der Waals surface area contributed by atoms with Crippen molar-refractivity contribution in [3.8, 4) is 5.75 Å². The summed E-state index contributed by atoms with van der Waals surface area (Å²) in [6.07, 6.45) is 0. The van der Waals surface area contributed by atoms with E-state index in [9.17, 15) is 9.59 Å². The van der Waals surface area contributed by atoms with Gasteiger partial charge in [0.25, 0.3) is 5.91 Å². The van der Waals surface area contributed by atoms with Crippen LogP contribution in [0, 0.1) is 0 Å². The van der Waals surface area contributed by atoms with Crippen LogP contribution in [0.5, 0.6) is 5.75 Å². The summed E-state index contributed by atoms with van der Waals surface area (Å²) in [5.74, 6) is 0.580. The first-order valence-corrected chi connectivity index (χ1v) is 7.35. The van der Waals surface area contributed by atoms with Gasteiger partial charge < -0.3 is 15.4 Å². The van der Waals surface area contributed by atoms with Crippen molar-refractivity contribution in [2.45, 2.75) is 33.3 Å². The molecule has 0 saturated carbocycles. The zero-order valence-electron chi connectivity index (χ0n) is 13.4. The fraction of sp³-hybridized carbons (Fsp3) is 0.533. The number of nitrogens with two attached hydrogens (primary N) is 1. The summed E-state index contributed by atoms with van der Waals surface area (Å²) >= 11 is 0. The SMILES string of the molecule is CCN(CC)C(=O)CN1C(=O)C(C)(C)Oc2ccc(N)nc21. The van der Waals surface area contributed by atoms with Gasteiger partial charge in [-0.15, -0.1) is 0 Å².